The number of halogens is 3. The average Bonchev–Trinajstić information content (AvgIpc) is 2.78. The van der Waals surface area contributed by atoms with E-state index in [0.717, 1.165) is 31.0 Å². The fourth-order valence-electron chi connectivity index (χ4n) is 2.90. The Bertz CT molecular complexity index is 1120. The molecule has 0 spiro atoms. The van der Waals surface area contributed by atoms with Gasteiger partial charge in [0, 0.05) is 17.2 Å². The van der Waals surface area contributed by atoms with Gasteiger partial charge in [0.15, 0.2) is 17.4 Å². The quantitative estimate of drug-likeness (QED) is 0.371. The number of rotatable bonds is 7. The van der Waals surface area contributed by atoms with Crippen LogP contribution >= 0.6 is 11.8 Å². The van der Waals surface area contributed by atoms with Gasteiger partial charge in [0.05, 0.1) is 25.2 Å². The molecule has 0 N–H and O–H groups in total. The molecular formula is C22H18F3NO4S. The van der Waals surface area contributed by atoms with Gasteiger partial charge in [-0.15, -0.1) is 11.8 Å². The van der Waals surface area contributed by atoms with Gasteiger partial charge in [-0.05, 0) is 18.6 Å². The van der Waals surface area contributed by atoms with Gasteiger partial charge in [0.1, 0.15) is 10.6 Å². The number of nitrogens with zero attached hydrogens (tertiary/aromatic N) is 1. The molecule has 0 amide bonds. The molecule has 0 aliphatic heterocycles. The predicted octanol–water partition coefficient (Wildman–Crippen LogP) is 5.07. The smallest absolute Gasteiger partial charge is 0.344 e. The Morgan fingerprint density at radius 1 is 1.13 bits per heavy atom. The summed E-state index contributed by atoms with van der Waals surface area (Å²) >= 11 is 0.867. The topological polar surface area (TPSA) is 65.5 Å². The average molecular weight is 449 g/mol. The number of pyridine rings is 1. The number of esters is 2. The molecule has 0 fully saturated rings. The van der Waals surface area contributed by atoms with Crippen molar-refractivity contribution in [3.05, 3.63) is 65.2 Å². The third-order valence-corrected chi connectivity index (χ3v) is 5.43. The van der Waals surface area contributed by atoms with Crippen LogP contribution in [0.25, 0.3) is 10.9 Å². The van der Waals surface area contributed by atoms with Crippen LogP contribution in [0.5, 0.6) is 5.75 Å². The molecule has 1 unspecified atom stereocenters. The molecule has 0 radical (unpaired) electrons. The lowest BCUT2D eigenvalue weighted by Crippen LogP contribution is -2.19. The molecule has 2 aromatic carbocycles. The predicted molar refractivity (Wildman–Crippen MR) is 110 cm³/mol. The molecule has 3 rings (SSSR count). The minimum Gasteiger partial charge on any atom is -0.465 e. The number of benzene rings is 2. The minimum atomic E-state index is -1.21. The van der Waals surface area contributed by atoms with E-state index in [1.807, 2.05) is 0 Å². The Hall–Kier alpha value is -3.07. The van der Waals surface area contributed by atoms with Crippen molar-refractivity contribution >= 4 is 34.6 Å². The monoisotopic (exact) mass is 449 g/mol. The molecule has 9 heteroatoms. The maximum Gasteiger partial charge on any atom is 0.344 e. The second-order valence-corrected chi connectivity index (χ2v) is 7.57. The number of aromatic nitrogens is 1. The van der Waals surface area contributed by atoms with Crippen LogP contribution in [0.1, 0.15) is 28.8 Å². The number of carbonyl (C=O) groups excluding carboxylic acids is 2. The number of ether oxygens (including phenoxy) is 2. The fraction of sp³-hybridized carbons (Fsp3) is 0.227. The van der Waals surface area contributed by atoms with Gasteiger partial charge in [0.2, 0.25) is 0 Å². The summed E-state index contributed by atoms with van der Waals surface area (Å²) in [6.07, 6.45) is 0. The molecule has 1 heterocycles. The van der Waals surface area contributed by atoms with Gasteiger partial charge in [-0.1, -0.05) is 30.3 Å². The number of hydrogen-bond acceptors (Lipinski definition) is 6. The fourth-order valence-corrected chi connectivity index (χ4v) is 3.66. The maximum atomic E-state index is 14.0. The zero-order chi connectivity index (χ0) is 22.5. The SMILES string of the molecule is COC(=O)c1c(SCCF)nc2cc(F)c(F)cc2c1OC(=O)C(C)c1ccccc1. The highest BCUT2D eigenvalue weighted by molar-refractivity contribution is 7.99. The van der Waals surface area contributed by atoms with E-state index in [1.165, 1.54) is 0 Å². The number of methoxy groups -OCH3 is 1. The van der Waals surface area contributed by atoms with E-state index in [1.54, 1.807) is 37.3 Å². The Kier molecular flexibility index (Phi) is 7.17. The van der Waals surface area contributed by atoms with E-state index in [4.69, 9.17) is 9.47 Å². The second-order valence-electron chi connectivity index (χ2n) is 6.49. The highest BCUT2D eigenvalue weighted by atomic mass is 32.2. The lowest BCUT2D eigenvalue weighted by molar-refractivity contribution is -0.135. The number of alkyl halides is 1. The van der Waals surface area contributed by atoms with E-state index in [9.17, 15) is 22.8 Å². The molecule has 31 heavy (non-hydrogen) atoms. The highest BCUT2D eigenvalue weighted by Crippen LogP contribution is 2.37. The summed E-state index contributed by atoms with van der Waals surface area (Å²) in [4.78, 5) is 29.5. The van der Waals surface area contributed by atoms with Crippen LogP contribution in [0.3, 0.4) is 0 Å². The van der Waals surface area contributed by atoms with Gasteiger partial charge >= 0.3 is 11.9 Å². The first-order valence-corrected chi connectivity index (χ1v) is 10.2. The van der Waals surface area contributed by atoms with Gasteiger partial charge in [-0.25, -0.2) is 18.6 Å². The highest BCUT2D eigenvalue weighted by Gasteiger charge is 2.28. The zero-order valence-corrected chi connectivity index (χ0v) is 17.5. The van der Waals surface area contributed by atoms with E-state index < -0.39 is 36.2 Å². The van der Waals surface area contributed by atoms with Crippen molar-refractivity contribution in [3.63, 3.8) is 0 Å². The lowest BCUT2D eigenvalue weighted by atomic mass is 10.0. The van der Waals surface area contributed by atoms with Crippen LogP contribution in [-0.2, 0) is 9.53 Å². The first-order chi connectivity index (χ1) is 14.9. The van der Waals surface area contributed by atoms with Crippen LogP contribution in [0.15, 0.2) is 47.5 Å². The van der Waals surface area contributed by atoms with Gasteiger partial charge in [-0.3, -0.25) is 9.18 Å². The molecule has 0 bridgehead atoms. The Labute approximate surface area is 180 Å². The Balaban J connectivity index is 2.19. The first-order valence-electron chi connectivity index (χ1n) is 9.23. The summed E-state index contributed by atoms with van der Waals surface area (Å²) in [7, 11) is 1.11. The van der Waals surface area contributed by atoms with Crippen LogP contribution in [0.4, 0.5) is 13.2 Å². The molecule has 0 saturated carbocycles. The lowest BCUT2D eigenvalue weighted by Gasteiger charge is -2.17. The molecular weight excluding hydrogens is 431 g/mol. The van der Waals surface area contributed by atoms with E-state index >= 15 is 0 Å². The number of thioether (sulfide) groups is 1. The summed E-state index contributed by atoms with van der Waals surface area (Å²) in [5.74, 6) is -5.09. The van der Waals surface area contributed by atoms with Crippen molar-refractivity contribution in [2.24, 2.45) is 0 Å². The molecule has 5 nitrogen and oxygen atoms in total. The van der Waals surface area contributed by atoms with Gasteiger partial charge < -0.3 is 9.47 Å². The standard InChI is InChI=1S/C22H18F3NO4S/c1-12(13-6-4-3-5-7-13)21(27)30-19-14-10-15(24)16(25)11-17(14)26-20(31-9-8-23)18(19)22(28)29-2/h3-7,10-12H,8-9H2,1-2H3. The Morgan fingerprint density at radius 2 is 1.81 bits per heavy atom. The number of hydrogen-bond donors (Lipinski definition) is 0. The van der Waals surface area contributed by atoms with Crippen molar-refractivity contribution in [3.8, 4) is 5.75 Å². The first kappa shape index (κ1) is 22.6. The minimum absolute atomic E-state index is 0.0156. The summed E-state index contributed by atoms with van der Waals surface area (Å²) in [6.45, 7) is 0.890. The van der Waals surface area contributed by atoms with Crippen molar-refractivity contribution in [1.82, 2.24) is 4.98 Å². The van der Waals surface area contributed by atoms with E-state index in [0.29, 0.717) is 5.56 Å². The van der Waals surface area contributed by atoms with Crippen molar-refractivity contribution in [1.29, 1.82) is 0 Å². The Morgan fingerprint density at radius 3 is 2.45 bits per heavy atom. The van der Waals surface area contributed by atoms with E-state index in [2.05, 4.69) is 4.98 Å². The largest absolute Gasteiger partial charge is 0.465 e. The molecule has 1 atom stereocenters. The summed E-state index contributed by atoms with van der Waals surface area (Å²) in [5, 5.41) is -0.101. The van der Waals surface area contributed by atoms with Gasteiger partial charge in [-0.2, -0.15) is 0 Å². The van der Waals surface area contributed by atoms with Crippen LogP contribution in [0, 0.1) is 11.6 Å². The number of carbonyl (C=O) groups is 2. The molecule has 3 aromatic rings. The second kappa shape index (κ2) is 9.82. The zero-order valence-electron chi connectivity index (χ0n) is 16.7. The van der Waals surface area contributed by atoms with Crippen LogP contribution in [0.2, 0.25) is 0 Å². The van der Waals surface area contributed by atoms with Crippen molar-refractivity contribution in [2.75, 3.05) is 19.5 Å². The van der Waals surface area contributed by atoms with Crippen LogP contribution in [-0.4, -0.2) is 36.5 Å². The molecule has 0 aliphatic carbocycles. The van der Waals surface area contributed by atoms with Gasteiger partial charge in [0.25, 0.3) is 0 Å². The van der Waals surface area contributed by atoms with Crippen molar-refractivity contribution < 1.29 is 32.2 Å². The summed E-state index contributed by atoms with van der Waals surface area (Å²) in [5.41, 5.74) is 0.353. The van der Waals surface area contributed by atoms with E-state index in [-0.39, 0.29) is 33.0 Å². The summed E-state index contributed by atoms with van der Waals surface area (Å²) < 4.78 is 50.9. The molecule has 0 aliphatic rings. The number of fused-ring (bicyclic) bond motifs is 1. The normalized spacial score (nSPS) is 11.9. The molecule has 0 saturated heterocycles. The van der Waals surface area contributed by atoms with Crippen molar-refractivity contribution in [2.45, 2.75) is 17.9 Å². The van der Waals surface area contributed by atoms with Crippen LogP contribution < -0.4 is 4.74 Å². The molecule has 1 aromatic heterocycles. The third-order valence-electron chi connectivity index (χ3n) is 4.51. The molecule has 162 valence electrons. The summed E-state index contributed by atoms with van der Waals surface area (Å²) in [6, 6.07) is 10.4. The third kappa shape index (κ3) is 4.82. The maximum absolute atomic E-state index is 14.0.